The third-order valence-electron chi connectivity index (χ3n) is 1.57. The highest BCUT2D eigenvalue weighted by atomic mass is 19.3. The first-order chi connectivity index (χ1) is 7.09. The lowest BCUT2D eigenvalue weighted by molar-refractivity contribution is -0.384. The van der Waals surface area contributed by atoms with E-state index in [0.717, 1.165) is 0 Å². The maximum absolute atomic E-state index is 11.7. The van der Waals surface area contributed by atoms with E-state index in [-0.39, 0.29) is 5.69 Å². The van der Waals surface area contributed by atoms with Crippen LogP contribution in [0.1, 0.15) is 12.0 Å². The first-order valence-corrected chi connectivity index (χ1v) is 4.11. The van der Waals surface area contributed by atoms with Gasteiger partial charge >= 0.3 is 0 Å². The van der Waals surface area contributed by atoms with E-state index < -0.39 is 17.8 Å². The molecule has 78 valence electrons. The van der Waals surface area contributed by atoms with Gasteiger partial charge in [0.25, 0.3) is 5.69 Å². The summed E-state index contributed by atoms with van der Waals surface area (Å²) >= 11 is 0. The number of halogens is 2. The summed E-state index contributed by atoms with van der Waals surface area (Å²) in [4.78, 5) is 9.75. The standard InChI is InChI=1S/C10H7F2NO2/c11-10(12)3-1-2-8-4-6-9(7-5-8)13(14)15/h4-7,10H,3H2. The molecule has 0 saturated carbocycles. The zero-order valence-corrected chi connectivity index (χ0v) is 7.61. The molecule has 0 N–H and O–H groups in total. The number of hydrogen-bond donors (Lipinski definition) is 0. The van der Waals surface area contributed by atoms with E-state index in [9.17, 15) is 18.9 Å². The van der Waals surface area contributed by atoms with E-state index >= 15 is 0 Å². The van der Waals surface area contributed by atoms with E-state index in [1.165, 1.54) is 24.3 Å². The van der Waals surface area contributed by atoms with Crippen LogP contribution >= 0.6 is 0 Å². The van der Waals surface area contributed by atoms with Gasteiger partial charge < -0.3 is 0 Å². The summed E-state index contributed by atoms with van der Waals surface area (Å²) in [6.45, 7) is 0. The van der Waals surface area contributed by atoms with E-state index in [2.05, 4.69) is 11.8 Å². The minimum atomic E-state index is -2.45. The lowest BCUT2D eigenvalue weighted by Crippen LogP contribution is -1.87. The second-order valence-corrected chi connectivity index (χ2v) is 2.70. The van der Waals surface area contributed by atoms with Gasteiger partial charge in [0.15, 0.2) is 0 Å². The smallest absolute Gasteiger partial charge is 0.258 e. The molecule has 3 nitrogen and oxygen atoms in total. The molecule has 0 heterocycles. The van der Waals surface area contributed by atoms with Gasteiger partial charge in [-0.25, -0.2) is 8.78 Å². The fourth-order valence-electron chi connectivity index (χ4n) is 0.897. The van der Waals surface area contributed by atoms with E-state index in [4.69, 9.17) is 0 Å². The van der Waals surface area contributed by atoms with Crippen molar-refractivity contribution in [2.45, 2.75) is 12.8 Å². The molecule has 0 atom stereocenters. The van der Waals surface area contributed by atoms with Crippen molar-refractivity contribution in [3.05, 3.63) is 39.9 Å². The van der Waals surface area contributed by atoms with Gasteiger partial charge in [-0.3, -0.25) is 10.1 Å². The molecule has 5 heteroatoms. The Hall–Kier alpha value is -1.96. The molecule has 0 bridgehead atoms. The zero-order valence-electron chi connectivity index (χ0n) is 7.61. The minimum absolute atomic E-state index is 0.0468. The lowest BCUT2D eigenvalue weighted by atomic mass is 10.2. The van der Waals surface area contributed by atoms with Crippen LogP contribution in [0.3, 0.4) is 0 Å². The summed E-state index contributed by atoms with van der Waals surface area (Å²) in [5, 5.41) is 10.3. The molecule has 0 spiro atoms. The van der Waals surface area contributed by atoms with Crippen molar-refractivity contribution < 1.29 is 13.7 Å². The Balaban J connectivity index is 2.71. The molecule has 0 saturated heterocycles. The predicted octanol–water partition coefficient (Wildman–Crippen LogP) is 2.60. The van der Waals surface area contributed by atoms with Gasteiger partial charge in [-0.2, -0.15) is 0 Å². The Morgan fingerprint density at radius 2 is 1.93 bits per heavy atom. The molecule has 0 unspecified atom stereocenters. The molecule has 0 aliphatic heterocycles. The van der Waals surface area contributed by atoms with Gasteiger partial charge in [0.2, 0.25) is 6.43 Å². The first kappa shape index (κ1) is 11.1. The summed E-state index contributed by atoms with van der Waals surface area (Å²) in [5.41, 5.74) is 0.440. The molecule has 1 aromatic rings. The highest BCUT2D eigenvalue weighted by Gasteiger charge is 2.02. The highest BCUT2D eigenvalue weighted by molar-refractivity contribution is 5.40. The second-order valence-electron chi connectivity index (χ2n) is 2.70. The molecule has 1 aromatic carbocycles. The quantitative estimate of drug-likeness (QED) is 0.428. The Bertz CT molecular complexity index is 404. The van der Waals surface area contributed by atoms with Crippen molar-refractivity contribution in [2.75, 3.05) is 0 Å². The minimum Gasteiger partial charge on any atom is -0.258 e. The average Bonchev–Trinajstić information content (AvgIpc) is 2.18. The molecular weight excluding hydrogens is 204 g/mol. The average molecular weight is 211 g/mol. The van der Waals surface area contributed by atoms with Gasteiger partial charge in [-0.15, -0.1) is 0 Å². The number of benzene rings is 1. The zero-order chi connectivity index (χ0) is 11.3. The van der Waals surface area contributed by atoms with Crippen molar-refractivity contribution in [2.24, 2.45) is 0 Å². The molecule has 0 aromatic heterocycles. The Morgan fingerprint density at radius 3 is 2.40 bits per heavy atom. The van der Waals surface area contributed by atoms with Crippen LogP contribution in [-0.4, -0.2) is 11.3 Å². The van der Waals surface area contributed by atoms with Crippen LogP contribution in [0.15, 0.2) is 24.3 Å². The number of nitrogens with zero attached hydrogens (tertiary/aromatic N) is 1. The van der Waals surface area contributed by atoms with E-state index in [0.29, 0.717) is 5.56 Å². The van der Waals surface area contributed by atoms with Crippen molar-refractivity contribution in [3.8, 4) is 11.8 Å². The molecule has 0 aliphatic rings. The van der Waals surface area contributed by atoms with Crippen LogP contribution < -0.4 is 0 Å². The number of hydrogen-bond acceptors (Lipinski definition) is 2. The fraction of sp³-hybridized carbons (Fsp3) is 0.200. The molecule has 0 radical (unpaired) electrons. The molecular formula is C10H7F2NO2. The normalized spacial score (nSPS) is 9.53. The van der Waals surface area contributed by atoms with Crippen LogP contribution in [-0.2, 0) is 0 Å². The SMILES string of the molecule is O=[N+]([O-])c1ccc(C#CCC(F)F)cc1. The Morgan fingerprint density at radius 1 is 1.33 bits per heavy atom. The molecule has 15 heavy (non-hydrogen) atoms. The lowest BCUT2D eigenvalue weighted by Gasteiger charge is -1.91. The summed E-state index contributed by atoms with van der Waals surface area (Å²) < 4.78 is 23.4. The molecule has 0 amide bonds. The number of nitro groups is 1. The largest absolute Gasteiger partial charge is 0.269 e. The van der Waals surface area contributed by atoms with Crippen LogP contribution in [0.2, 0.25) is 0 Å². The maximum atomic E-state index is 11.7. The van der Waals surface area contributed by atoms with Gasteiger partial charge in [-0.05, 0) is 12.1 Å². The van der Waals surface area contributed by atoms with Crippen LogP contribution in [0.5, 0.6) is 0 Å². The highest BCUT2D eigenvalue weighted by Crippen LogP contribution is 2.11. The van der Waals surface area contributed by atoms with Crippen LogP contribution in [0.25, 0.3) is 0 Å². The Labute approximate surface area is 84.9 Å². The number of non-ortho nitro benzene ring substituents is 1. The summed E-state index contributed by atoms with van der Waals surface area (Å²) in [6, 6.07) is 5.42. The third kappa shape index (κ3) is 3.73. The van der Waals surface area contributed by atoms with Crippen LogP contribution in [0.4, 0.5) is 14.5 Å². The predicted molar refractivity (Wildman–Crippen MR) is 50.6 cm³/mol. The topological polar surface area (TPSA) is 43.1 Å². The first-order valence-electron chi connectivity index (χ1n) is 4.11. The van der Waals surface area contributed by atoms with Gasteiger partial charge in [-0.1, -0.05) is 11.8 Å². The van der Waals surface area contributed by atoms with Gasteiger partial charge in [0, 0.05) is 17.7 Å². The number of nitro benzene ring substituents is 1. The summed E-state index contributed by atoms with van der Waals surface area (Å²) in [6.07, 6.45) is -2.94. The van der Waals surface area contributed by atoms with Crippen molar-refractivity contribution in [1.29, 1.82) is 0 Å². The van der Waals surface area contributed by atoms with Crippen molar-refractivity contribution in [1.82, 2.24) is 0 Å². The van der Waals surface area contributed by atoms with Crippen molar-refractivity contribution in [3.63, 3.8) is 0 Å². The van der Waals surface area contributed by atoms with Crippen LogP contribution in [0, 0.1) is 22.0 Å². The second kappa shape index (κ2) is 5.05. The monoisotopic (exact) mass is 211 g/mol. The maximum Gasteiger partial charge on any atom is 0.269 e. The van der Waals surface area contributed by atoms with E-state index in [1.807, 2.05) is 0 Å². The van der Waals surface area contributed by atoms with E-state index in [1.54, 1.807) is 0 Å². The summed E-state index contributed by atoms with van der Waals surface area (Å²) in [5.74, 6) is 4.77. The number of rotatable bonds is 2. The molecule has 1 rings (SSSR count). The van der Waals surface area contributed by atoms with Gasteiger partial charge in [0.05, 0.1) is 11.3 Å². The fourth-order valence-corrected chi connectivity index (χ4v) is 0.897. The third-order valence-corrected chi connectivity index (χ3v) is 1.57. The van der Waals surface area contributed by atoms with Crippen molar-refractivity contribution >= 4 is 5.69 Å². The molecule has 0 aliphatic carbocycles. The molecule has 0 fully saturated rings. The Kier molecular flexibility index (Phi) is 3.75. The number of alkyl halides is 2. The summed E-state index contributed by atoms with van der Waals surface area (Å²) in [7, 11) is 0. The van der Waals surface area contributed by atoms with Gasteiger partial charge in [0.1, 0.15) is 0 Å².